The van der Waals surface area contributed by atoms with Crippen molar-refractivity contribution in [2.45, 2.75) is 11.3 Å². The summed E-state index contributed by atoms with van der Waals surface area (Å²) in [5, 5.41) is 14.3. The monoisotopic (exact) mass is 461 g/mol. The number of carbonyl (C=O) groups is 1. The van der Waals surface area contributed by atoms with Gasteiger partial charge in [-0.3, -0.25) is 4.79 Å². The molecule has 0 radical (unpaired) electrons. The number of carbonyl (C=O) groups excluding carboxylic acids is 1. The number of hydrazone groups is 1. The molecule has 0 saturated heterocycles. The molecule has 1 heterocycles. The molecule has 166 valence electrons. The van der Waals surface area contributed by atoms with Crippen molar-refractivity contribution in [1.29, 1.82) is 0 Å². The van der Waals surface area contributed by atoms with Crippen molar-refractivity contribution < 1.29 is 18.0 Å². The van der Waals surface area contributed by atoms with Crippen LogP contribution in [0.15, 0.2) is 70.9 Å². The van der Waals surface area contributed by atoms with E-state index in [1.807, 2.05) is 36.4 Å². The van der Waals surface area contributed by atoms with Gasteiger partial charge < -0.3 is 11.2 Å². The van der Waals surface area contributed by atoms with Crippen molar-refractivity contribution in [2.75, 3.05) is 22.3 Å². The molecule has 0 spiro atoms. The molecule has 3 rings (SSSR count). The van der Waals surface area contributed by atoms with Crippen molar-refractivity contribution in [2.24, 2.45) is 5.10 Å². The maximum Gasteiger partial charge on any atom is 0.416 e. The van der Waals surface area contributed by atoms with Crippen LogP contribution in [0.4, 0.5) is 24.8 Å². The van der Waals surface area contributed by atoms with Gasteiger partial charge in [0.1, 0.15) is 0 Å². The third kappa shape index (κ3) is 6.60. The van der Waals surface area contributed by atoms with Crippen LogP contribution in [0.25, 0.3) is 6.08 Å². The Morgan fingerprint density at radius 2 is 1.94 bits per heavy atom. The molecule has 0 aliphatic carbocycles. The number of hydrogen-bond donors (Lipinski definition) is 3. The summed E-state index contributed by atoms with van der Waals surface area (Å²) in [7, 11) is 0. The van der Waals surface area contributed by atoms with Gasteiger partial charge in [0, 0.05) is 11.9 Å². The molecule has 0 saturated carbocycles. The summed E-state index contributed by atoms with van der Waals surface area (Å²) in [5.74, 6) is 5.38. The number of aromatic nitrogens is 3. The van der Waals surface area contributed by atoms with Crippen LogP contribution < -0.4 is 16.6 Å². The average Bonchev–Trinajstić information content (AvgIpc) is 3.12. The second kappa shape index (κ2) is 10.5. The molecule has 4 N–H and O–H groups in total. The maximum absolute atomic E-state index is 12.8. The number of amides is 1. The van der Waals surface area contributed by atoms with E-state index in [1.165, 1.54) is 18.3 Å². The topological polar surface area (TPSA) is 110 Å². The molecule has 0 bridgehead atoms. The molecular weight excluding hydrogens is 443 g/mol. The Hall–Kier alpha value is -3.80. The summed E-state index contributed by atoms with van der Waals surface area (Å²) in [6, 6.07) is 14.0. The van der Waals surface area contributed by atoms with Gasteiger partial charge in [-0.25, -0.2) is 10.1 Å². The molecule has 3 aromatic rings. The van der Waals surface area contributed by atoms with Gasteiger partial charge in [-0.2, -0.15) is 18.3 Å². The van der Waals surface area contributed by atoms with Crippen LogP contribution in [-0.2, 0) is 11.0 Å². The largest absolute Gasteiger partial charge is 0.416 e. The molecule has 0 fully saturated rings. The highest BCUT2D eigenvalue weighted by atomic mass is 32.2. The van der Waals surface area contributed by atoms with E-state index >= 15 is 0 Å². The fraction of sp³-hybridized carbons (Fsp3) is 0.100. The normalized spacial score (nSPS) is 11.8. The molecule has 1 amide bonds. The lowest BCUT2D eigenvalue weighted by atomic mass is 10.2. The SMILES string of the molecule is Nn1c(N/N=C/C=C/c2ccccc2)nnc1SCC(=O)Nc1cccc(C(F)(F)F)c1. The Labute approximate surface area is 185 Å². The van der Waals surface area contributed by atoms with Crippen LogP contribution in [0.1, 0.15) is 11.1 Å². The summed E-state index contributed by atoms with van der Waals surface area (Å²) < 4.78 is 39.4. The van der Waals surface area contributed by atoms with Gasteiger partial charge >= 0.3 is 6.18 Å². The first-order chi connectivity index (χ1) is 15.3. The number of nitrogen functional groups attached to an aromatic ring is 1. The number of nitrogens with one attached hydrogen (secondary N) is 2. The zero-order valence-electron chi connectivity index (χ0n) is 16.5. The molecular formula is C20H18F3N7OS. The van der Waals surface area contributed by atoms with E-state index in [0.29, 0.717) is 0 Å². The second-order valence-corrected chi connectivity index (χ2v) is 7.19. The van der Waals surface area contributed by atoms with Crippen molar-refractivity contribution >= 4 is 41.6 Å². The van der Waals surface area contributed by atoms with E-state index in [1.54, 1.807) is 6.08 Å². The fourth-order valence-electron chi connectivity index (χ4n) is 2.41. The number of thioether (sulfide) groups is 1. The lowest BCUT2D eigenvalue weighted by Gasteiger charge is -2.09. The van der Waals surface area contributed by atoms with Crippen LogP contribution in [-0.4, -0.2) is 32.7 Å². The van der Waals surface area contributed by atoms with Crippen molar-refractivity contribution in [1.82, 2.24) is 14.9 Å². The lowest BCUT2D eigenvalue weighted by Crippen LogP contribution is -2.17. The molecule has 8 nitrogen and oxygen atoms in total. The van der Waals surface area contributed by atoms with E-state index in [2.05, 4.69) is 26.0 Å². The number of anilines is 2. The zero-order valence-corrected chi connectivity index (χ0v) is 17.3. The molecule has 0 atom stereocenters. The number of rotatable bonds is 8. The van der Waals surface area contributed by atoms with Gasteiger partial charge in [-0.1, -0.05) is 54.2 Å². The number of nitrogens with zero attached hydrogens (tertiary/aromatic N) is 4. The molecule has 2 aromatic carbocycles. The molecule has 0 unspecified atom stereocenters. The Bertz CT molecular complexity index is 1110. The second-order valence-electron chi connectivity index (χ2n) is 6.25. The number of allylic oxidation sites excluding steroid dienone is 1. The van der Waals surface area contributed by atoms with Gasteiger partial charge in [-0.15, -0.1) is 10.2 Å². The van der Waals surface area contributed by atoms with Crippen molar-refractivity contribution in [3.8, 4) is 0 Å². The van der Waals surface area contributed by atoms with E-state index < -0.39 is 17.6 Å². The quantitative estimate of drug-likeness (QED) is 0.203. The van der Waals surface area contributed by atoms with Gasteiger partial charge in [0.05, 0.1) is 11.3 Å². The van der Waals surface area contributed by atoms with E-state index in [9.17, 15) is 18.0 Å². The van der Waals surface area contributed by atoms with Crippen molar-refractivity contribution in [3.05, 3.63) is 71.8 Å². The number of hydrogen-bond acceptors (Lipinski definition) is 7. The predicted octanol–water partition coefficient (Wildman–Crippen LogP) is 3.85. The fourth-order valence-corrected chi connectivity index (χ4v) is 3.06. The Morgan fingerprint density at radius 3 is 2.69 bits per heavy atom. The highest BCUT2D eigenvalue weighted by Crippen LogP contribution is 2.30. The van der Waals surface area contributed by atoms with E-state index in [0.717, 1.165) is 34.1 Å². The third-order valence-corrected chi connectivity index (χ3v) is 4.83. The molecule has 12 heteroatoms. The van der Waals surface area contributed by atoms with Crippen LogP contribution in [0, 0.1) is 0 Å². The molecule has 0 aliphatic rings. The van der Waals surface area contributed by atoms with Crippen LogP contribution in [0.2, 0.25) is 0 Å². The summed E-state index contributed by atoms with van der Waals surface area (Å²) in [5.41, 5.74) is 2.84. The minimum absolute atomic E-state index is 0.0416. The van der Waals surface area contributed by atoms with Crippen molar-refractivity contribution in [3.63, 3.8) is 0 Å². The Balaban J connectivity index is 1.49. The summed E-state index contributed by atoms with van der Waals surface area (Å²) >= 11 is 0.970. The van der Waals surface area contributed by atoms with Gasteiger partial charge in [0.25, 0.3) is 5.95 Å². The van der Waals surface area contributed by atoms with Gasteiger partial charge in [-0.05, 0) is 29.8 Å². The van der Waals surface area contributed by atoms with Gasteiger partial charge in [0.15, 0.2) is 0 Å². The first-order valence-corrected chi connectivity index (χ1v) is 10.1. The number of alkyl halides is 3. The highest BCUT2D eigenvalue weighted by Gasteiger charge is 2.30. The Kier molecular flexibility index (Phi) is 7.49. The first kappa shape index (κ1) is 22.9. The lowest BCUT2D eigenvalue weighted by molar-refractivity contribution is -0.137. The van der Waals surface area contributed by atoms with Crippen LogP contribution in [0.5, 0.6) is 0 Å². The zero-order chi connectivity index (χ0) is 23.0. The van der Waals surface area contributed by atoms with Crippen LogP contribution >= 0.6 is 11.8 Å². The predicted molar refractivity (Wildman–Crippen MR) is 119 cm³/mol. The standard InChI is InChI=1S/C20H18F3N7OS/c21-20(22,23)15-9-4-10-16(12-15)26-17(31)13-32-19-29-28-18(30(19)24)27-25-11-5-8-14-6-2-1-3-7-14/h1-12H,13,24H2,(H,26,31)(H,27,28)/b8-5+,25-11+. The first-order valence-electron chi connectivity index (χ1n) is 9.14. The summed E-state index contributed by atoms with van der Waals surface area (Å²) in [6.07, 6.45) is 0.613. The summed E-state index contributed by atoms with van der Waals surface area (Å²) in [4.78, 5) is 12.1. The highest BCUT2D eigenvalue weighted by molar-refractivity contribution is 7.99. The summed E-state index contributed by atoms with van der Waals surface area (Å²) in [6.45, 7) is 0. The smallest absolute Gasteiger partial charge is 0.334 e. The Morgan fingerprint density at radius 1 is 1.16 bits per heavy atom. The minimum Gasteiger partial charge on any atom is -0.334 e. The maximum atomic E-state index is 12.8. The number of halogens is 3. The van der Waals surface area contributed by atoms with Gasteiger partial charge in [0.2, 0.25) is 11.1 Å². The number of nitrogens with two attached hydrogens (primary N) is 1. The minimum atomic E-state index is -4.49. The molecule has 0 aliphatic heterocycles. The number of benzene rings is 2. The molecule has 32 heavy (non-hydrogen) atoms. The van der Waals surface area contributed by atoms with E-state index in [4.69, 9.17) is 5.84 Å². The van der Waals surface area contributed by atoms with E-state index in [-0.39, 0.29) is 22.5 Å². The third-order valence-electron chi connectivity index (χ3n) is 3.88. The van der Waals surface area contributed by atoms with Crippen LogP contribution in [0.3, 0.4) is 0 Å². The average molecular weight is 461 g/mol. The molecule has 1 aromatic heterocycles.